The van der Waals surface area contributed by atoms with Crippen molar-refractivity contribution in [2.45, 2.75) is 12.5 Å². The van der Waals surface area contributed by atoms with Crippen LogP contribution in [0.25, 0.3) is 17.1 Å². The number of Topliss-reactive ketones (excluding diaryl/α,β-unsaturated/α-hetero) is 1. The van der Waals surface area contributed by atoms with Crippen LogP contribution in [0.2, 0.25) is 0 Å². The average molecular weight is 533 g/mol. The van der Waals surface area contributed by atoms with E-state index < -0.39 is 33.7 Å². The maximum atomic E-state index is 13.5. The first kappa shape index (κ1) is 26.2. The van der Waals surface area contributed by atoms with Gasteiger partial charge in [-0.3, -0.25) is 19.1 Å². The summed E-state index contributed by atoms with van der Waals surface area (Å²) in [7, 11) is -3.68. The minimum atomic E-state index is -3.68. The standard InChI is InChI=1S/C26H24N6O5S/c1-38(36,37)31-19-15-20(25(28-16-19)32-13-12-21(30-32)18-10-6-3-7-11-18)26(35)29-22(23(33)24(27)34)14-17-8-4-2-5-9-17/h2-13,15-16,22,31H,14H2,1H3,(H2,27,34)(H,29,35). The highest BCUT2D eigenvalue weighted by atomic mass is 32.2. The first-order valence-corrected chi connectivity index (χ1v) is 13.3. The third kappa shape index (κ3) is 6.48. The van der Waals surface area contributed by atoms with E-state index in [1.54, 1.807) is 42.6 Å². The molecular formula is C26H24N6O5S. The Bertz CT molecular complexity index is 1590. The highest BCUT2D eigenvalue weighted by molar-refractivity contribution is 7.92. The maximum Gasteiger partial charge on any atom is 0.287 e. The number of hydrogen-bond donors (Lipinski definition) is 3. The third-order valence-electron chi connectivity index (χ3n) is 5.44. The molecular weight excluding hydrogens is 508 g/mol. The van der Waals surface area contributed by atoms with Gasteiger partial charge in [0.2, 0.25) is 15.8 Å². The van der Waals surface area contributed by atoms with E-state index in [-0.39, 0.29) is 23.5 Å². The summed E-state index contributed by atoms with van der Waals surface area (Å²) in [5.74, 6) is -2.88. The highest BCUT2D eigenvalue weighted by Crippen LogP contribution is 2.21. The number of rotatable bonds is 10. The van der Waals surface area contributed by atoms with Crippen molar-refractivity contribution in [2.24, 2.45) is 5.73 Å². The van der Waals surface area contributed by atoms with E-state index in [4.69, 9.17) is 5.73 Å². The molecule has 4 aromatic rings. The number of nitrogens with one attached hydrogen (secondary N) is 2. The molecule has 0 spiro atoms. The van der Waals surface area contributed by atoms with Gasteiger partial charge in [0.1, 0.15) is 6.04 Å². The molecule has 38 heavy (non-hydrogen) atoms. The van der Waals surface area contributed by atoms with Crippen molar-refractivity contribution in [3.05, 3.63) is 96.3 Å². The van der Waals surface area contributed by atoms with Gasteiger partial charge in [0.05, 0.1) is 29.4 Å². The van der Waals surface area contributed by atoms with Crippen LogP contribution in [0.3, 0.4) is 0 Å². The molecule has 11 nitrogen and oxygen atoms in total. The Balaban J connectivity index is 1.72. The summed E-state index contributed by atoms with van der Waals surface area (Å²) in [6.07, 6.45) is 3.81. The number of ketones is 1. The molecule has 0 aliphatic carbocycles. The number of primary amides is 1. The summed E-state index contributed by atoms with van der Waals surface area (Å²) in [5.41, 5.74) is 7.32. The summed E-state index contributed by atoms with van der Waals surface area (Å²) >= 11 is 0. The lowest BCUT2D eigenvalue weighted by Gasteiger charge is -2.18. The Morgan fingerprint density at radius 3 is 2.29 bits per heavy atom. The van der Waals surface area contributed by atoms with Crippen LogP contribution in [-0.2, 0) is 26.0 Å². The van der Waals surface area contributed by atoms with Gasteiger partial charge in [0.25, 0.3) is 11.8 Å². The molecule has 12 heteroatoms. The minimum absolute atomic E-state index is 0.0122. The Kier molecular flexibility index (Phi) is 7.63. The maximum absolute atomic E-state index is 13.5. The quantitative estimate of drug-likeness (QED) is 0.261. The number of nitrogens with two attached hydrogens (primary N) is 1. The topological polar surface area (TPSA) is 166 Å². The fourth-order valence-corrected chi connectivity index (χ4v) is 4.29. The van der Waals surface area contributed by atoms with E-state index in [0.29, 0.717) is 11.3 Å². The van der Waals surface area contributed by atoms with E-state index in [1.807, 2.05) is 30.3 Å². The number of hydrogen-bond acceptors (Lipinski definition) is 7. The van der Waals surface area contributed by atoms with Gasteiger partial charge < -0.3 is 11.1 Å². The monoisotopic (exact) mass is 532 g/mol. The first-order chi connectivity index (χ1) is 18.1. The van der Waals surface area contributed by atoms with E-state index >= 15 is 0 Å². The lowest BCUT2D eigenvalue weighted by Crippen LogP contribution is -2.47. The molecule has 194 valence electrons. The van der Waals surface area contributed by atoms with Crippen molar-refractivity contribution in [2.75, 3.05) is 11.0 Å². The highest BCUT2D eigenvalue weighted by Gasteiger charge is 2.28. The van der Waals surface area contributed by atoms with Crippen molar-refractivity contribution in [3.8, 4) is 17.1 Å². The second-order valence-electron chi connectivity index (χ2n) is 8.43. The molecule has 0 aliphatic heterocycles. The largest absolute Gasteiger partial charge is 0.363 e. The molecule has 1 atom stereocenters. The summed E-state index contributed by atoms with van der Waals surface area (Å²) in [6.45, 7) is 0. The van der Waals surface area contributed by atoms with Crippen molar-refractivity contribution >= 4 is 33.3 Å². The van der Waals surface area contributed by atoms with Gasteiger partial charge in [-0.25, -0.2) is 18.1 Å². The van der Waals surface area contributed by atoms with Gasteiger partial charge in [-0.15, -0.1) is 0 Å². The molecule has 0 saturated carbocycles. The van der Waals surface area contributed by atoms with Crippen LogP contribution in [0.15, 0.2) is 85.2 Å². The number of benzene rings is 2. The van der Waals surface area contributed by atoms with Gasteiger partial charge in [0, 0.05) is 18.2 Å². The molecule has 0 aliphatic rings. The smallest absolute Gasteiger partial charge is 0.287 e. The van der Waals surface area contributed by atoms with Crippen LogP contribution in [-0.4, -0.2) is 53.1 Å². The Labute approximate surface area is 218 Å². The van der Waals surface area contributed by atoms with E-state index in [9.17, 15) is 22.8 Å². The number of amides is 2. The lowest BCUT2D eigenvalue weighted by atomic mass is 10.0. The molecule has 0 radical (unpaired) electrons. The van der Waals surface area contributed by atoms with Crippen LogP contribution in [0.5, 0.6) is 0 Å². The van der Waals surface area contributed by atoms with Gasteiger partial charge in [-0.1, -0.05) is 60.7 Å². The van der Waals surface area contributed by atoms with Crippen molar-refractivity contribution < 1.29 is 22.8 Å². The molecule has 2 amide bonds. The fraction of sp³-hybridized carbons (Fsp3) is 0.115. The summed E-state index contributed by atoms with van der Waals surface area (Å²) in [6, 6.07) is 19.9. The molecule has 0 fully saturated rings. The van der Waals surface area contributed by atoms with Gasteiger partial charge >= 0.3 is 0 Å². The normalized spacial score (nSPS) is 11.9. The fourth-order valence-electron chi connectivity index (χ4n) is 3.75. The molecule has 0 saturated heterocycles. The van der Waals surface area contributed by atoms with Gasteiger partial charge in [-0.2, -0.15) is 5.10 Å². The summed E-state index contributed by atoms with van der Waals surface area (Å²) < 4.78 is 27.2. The summed E-state index contributed by atoms with van der Waals surface area (Å²) in [5, 5.41) is 7.06. The first-order valence-electron chi connectivity index (χ1n) is 11.4. The zero-order valence-electron chi connectivity index (χ0n) is 20.2. The number of sulfonamides is 1. The molecule has 1 unspecified atom stereocenters. The van der Waals surface area contributed by atoms with E-state index in [2.05, 4.69) is 20.1 Å². The van der Waals surface area contributed by atoms with Crippen molar-refractivity contribution in [1.82, 2.24) is 20.1 Å². The molecule has 4 rings (SSSR count). The van der Waals surface area contributed by atoms with Crippen molar-refractivity contribution in [3.63, 3.8) is 0 Å². The van der Waals surface area contributed by atoms with Crippen LogP contribution in [0.1, 0.15) is 15.9 Å². The van der Waals surface area contributed by atoms with Crippen LogP contribution in [0, 0.1) is 0 Å². The minimum Gasteiger partial charge on any atom is -0.363 e. The number of carbonyl (C=O) groups is 3. The molecule has 4 N–H and O–H groups in total. The zero-order chi connectivity index (χ0) is 27.3. The van der Waals surface area contributed by atoms with Crippen LogP contribution < -0.4 is 15.8 Å². The number of nitrogens with zero attached hydrogens (tertiary/aromatic N) is 3. The van der Waals surface area contributed by atoms with Crippen LogP contribution >= 0.6 is 0 Å². The predicted molar refractivity (Wildman–Crippen MR) is 141 cm³/mol. The molecule has 2 aromatic heterocycles. The van der Waals surface area contributed by atoms with Crippen molar-refractivity contribution in [1.29, 1.82) is 0 Å². The Morgan fingerprint density at radius 1 is 1.00 bits per heavy atom. The Morgan fingerprint density at radius 2 is 1.66 bits per heavy atom. The number of pyridine rings is 1. The number of carbonyl (C=O) groups excluding carboxylic acids is 3. The second-order valence-corrected chi connectivity index (χ2v) is 10.2. The molecule has 2 aromatic carbocycles. The number of aromatic nitrogens is 3. The third-order valence-corrected chi connectivity index (χ3v) is 6.04. The van der Waals surface area contributed by atoms with Gasteiger partial charge in [-0.05, 0) is 17.7 Å². The van der Waals surface area contributed by atoms with E-state index in [1.165, 1.54) is 16.9 Å². The Hall–Kier alpha value is -4.84. The predicted octanol–water partition coefficient (Wildman–Crippen LogP) is 1.70. The van der Waals surface area contributed by atoms with Gasteiger partial charge in [0.15, 0.2) is 5.82 Å². The molecule has 0 bridgehead atoms. The number of anilines is 1. The SMILES string of the molecule is CS(=O)(=O)Nc1cnc(-n2ccc(-c3ccccc3)n2)c(C(=O)NC(Cc2ccccc2)C(=O)C(N)=O)c1. The second kappa shape index (κ2) is 11.0. The average Bonchev–Trinajstić information content (AvgIpc) is 3.38. The molecule has 2 heterocycles. The van der Waals surface area contributed by atoms with Crippen LogP contribution in [0.4, 0.5) is 5.69 Å². The zero-order valence-corrected chi connectivity index (χ0v) is 21.1. The lowest BCUT2D eigenvalue weighted by molar-refractivity contribution is -0.137. The van der Waals surface area contributed by atoms with E-state index in [0.717, 1.165) is 11.8 Å². The summed E-state index contributed by atoms with van der Waals surface area (Å²) in [4.78, 5) is 42.0.